The number of hydrogen-bond donors (Lipinski definition) is 1. The minimum Gasteiger partial charge on any atom is -0.494 e. The summed E-state index contributed by atoms with van der Waals surface area (Å²) in [6.07, 6.45) is 0. The summed E-state index contributed by atoms with van der Waals surface area (Å²) < 4.78 is 7.45. The normalized spacial score (nSPS) is 11.5. The van der Waals surface area contributed by atoms with E-state index in [-0.39, 0.29) is 17.9 Å². The molecule has 1 amide bonds. The first kappa shape index (κ1) is 21.6. The van der Waals surface area contributed by atoms with Gasteiger partial charge in [-0.2, -0.15) is 0 Å². The van der Waals surface area contributed by atoms with Crippen LogP contribution in [-0.2, 0) is 16.8 Å². The number of ether oxygens (including phenoxy) is 1. The average molecular weight is 428 g/mol. The molecule has 32 heavy (non-hydrogen) atoms. The molecule has 0 spiro atoms. The smallest absolute Gasteiger partial charge is 0.244 e. The molecule has 0 aliphatic carbocycles. The number of hydrogen-bond acceptors (Lipinski definition) is 3. The van der Waals surface area contributed by atoms with Crippen LogP contribution in [0.4, 0.5) is 5.69 Å². The van der Waals surface area contributed by atoms with Gasteiger partial charge in [-0.25, -0.2) is 4.98 Å². The number of nitrogens with one attached hydrogen (secondary N) is 1. The Morgan fingerprint density at radius 3 is 2.31 bits per heavy atom. The molecule has 0 bridgehead atoms. The Morgan fingerprint density at radius 2 is 1.66 bits per heavy atom. The van der Waals surface area contributed by atoms with E-state index in [1.807, 2.05) is 60.0 Å². The average Bonchev–Trinajstić information content (AvgIpc) is 3.13. The van der Waals surface area contributed by atoms with Crippen LogP contribution in [-0.4, -0.2) is 22.1 Å². The number of nitrogens with zero attached hydrogens (tertiary/aromatic N) is 2. The number of aromatic nitrogens is 2. The molecule has 0 aliphatic heterocycles. The van der Waals surface area contributed by atoms with Crippen molar-refractivity contribution in [2.45, 2.75) is 39.7 Å². The molecule has 0 atom stereocenters. The van der Waals surface area contributed by atoms with Gasteiger partial charge in [0.05, 0.1) is 17.6 Å². The van der Waals surface area contributed by atoms with Crippen molar-refractivity contribution in [1.82, 2.24) is 9.55 Å². The van der Waals surface area contributed by atoms with Crippen LogP contribution in [0.2, 0.25) is 0 Å². The van der Waals surface area contributed by atoms with Gasteiger partial charge in [-0.15, -0.1) is 0 Å². The second-order valence-electron chi connectivity index (χ2n) is 8.84. The quantitative estimate of drug-likeness (QED) is 0.408. The van der Waals surface area contributed by atoms with Crippen molar-refractivity contribution in [3.8, 4) is 17.1 Å². The van der Waals surface area contributed by atoms with Crippen molar-refractivity contribution < 1.29 is 9.53 Å². The van der Waals surface area contributed by atoms with Gasteiger partial charge in [0, 0.05) is 11.3 Å². The van der Waals surface area contributed by atoms with Crippen LogP contribution in [0.25, 0.3) is 22.4 Å². The SMILES string of the molecule is CCOc1ccc(NC(=O)Cn2c(-c3ccc(C(C)(C)C)cc3)nc3ccccc32)cc1. The lowest BCUT2D eigenvalue weighted by Gasteiger charge is -2.19. The van der Waals surface area contributed by atoms with Crippen LogP contribution < -0.4 is 10.1 Å². The summed E-state index contributed by atoms with van der Waals surface area (Å²) >= 11 is 0. The maximum absolute atomic E-state index is 12.9. The van der Waals surface area contributed by atoms with Crippen molar-refractivity contribution in [2.75, 3.05) is 11.9 Å². The molecule has 3 aromatic carbocycles. The lowest BCUT2D eigenvalue weighted by atomic mass is 9.87. The third-order valence-corrected chi connectivity index (χ3v) is 5.41. The van der Waals surface area contributed by atoms with Crippen LogP contribution in [0, 0.1) is 0 Å². The fourth-order valence-corrected chi connectivity index (χ4v) is 3.72. The predicted octanol–water partition coefficient (Wildman–Crippen LogP) is 6.04. The minimum absolute atomic E-state index is 0.0796. The molecular weight excluding hydrogens is 398 g/mol. The Hall–Kier alpha value is -3.60. The maximum Gasteiger partial charge on any atom is 0.244 e. The van der Waals surface area contributed by atoms with Crippen LogP contribution in [0.15, 0.2) is 72.8 Å². The van der Waals surface area contributed by atoms with Gasteiger partial charge in [-0.05, 0) is 54.3 Å². The number of carbonyl (C=O) groups is 1. The van der Waals surface area contributed by atoms with Gasteiger partial charge < -0.3 is 14.6 Å². The summed E-state index contributed by atoms with van der Waals surface area (Å²) in [6.45, 7) is 9.32. The van der Waals surface area contributed by atoms with Gasteiger partial charge in [0.1, 0.15) is 18.1 Å². The van der Waals surface area contributed by atoms with Gasteiger partial charge in [-0.3, -0.25) is 4.79 Å². The van der Waals surface area contributed by atoms with Gasteiger partial charge in [0.2, 0.25) is 5.91 Å². The van der Waals surface area contributed by atoms with Crippen LogP contribution >= 0.6 is 0 Å². The Bertz CT molecular complexity index is 1220. The molecule has 1 aromatic heterocycles. The van der Waals surface area contributed by atoms with Crippen molar-refractivity contribution >= 4 is 22.6 Å². The highest BCUT2D eigenvalue weighted by atomic mass is 16.5. The zero-order valence-electron chi connectivity index (χ0n) is 19.1. The van der Waals surface area contributed by atoms with E-state index in [1.54, 1.807) is 0 Å². The largest absolute Gasteiger partial charge is 0.494 e. The Balaban J connectivity index is 1.62. The molecule has 0 radical (unpaired) electrons. The fourth-order valence-electron chi connectivity index (χ4n) is 3.72. The molecule has 5 heteroatoms. The highest BCUT2D eigenvalue weighted by Gasteiger charge is 2.17. The molecule has 164 valence electrons. The van der Waals surface area contributed by atoms with Crippen LogP contribution in [0.3, 0.4) is 0 Å². The van der Waals surface area contributed by atoms with E-state index in [9.17, 15) is 4.79 Å². The van der Waals surface area contributed by atoms with Gasteiger partial charge in [-0.1, -0.05) is 57.2 Å². The molecule has 0 aliphatic rings. The van der Waals surface area contributed by atoms with Gasteiger partial charge >= 0.3 is 0 Å². The number of fused-ring (bicyclic) bond motifs is 1. The molecule has 1 heterocycles. The third kappa shape index (κ3) is 4.67. The summed E-state index contributed by atoms with van der Waals surface area (Å²) in [5.41, 5.74) is 4.87. The number of benzene rings is 3. The molecule has 4 rings (SSSR count). The van der Waals surface area contributed by atoms with E-state index in [0.717, 1.165) is 33.9 Å². The number of imidazole rings is 1. The molecule has 0 fully saturated rings. The number of amides is 1. The third-order valence-electron chi connectivity index (χ3n) is 5.41. The van der Waals surface area contributed by atoms with Crippen molar-refractivity contribution in [3.05, 3.63) is 78.4 Å². The Morgan fingerprint density at radius 1 is 0.969 bits per heavy atom. The molecule has 1 N–H and O–H groups in total. The summed E-state index contributed by atoms with van der Waals surface area (Å²) in [6, 6.07) is 23.8. The summed E-state index contributed by atoms with van der Waals surface area (Å²) in [5, 5.41) is 2.98. The number of anilines is 1. The van der Waals surface area contributed by atoms with Crippen molar-refractivity contribution in [1.29, 1.82) is 0 Å². The Labute approximate surface area is 189 Å². The standard InChI is InChI=1S/C27H29N3O2/c1-5-32-22-16-14-21(15-17-22)28-25(31)18-30-24-9-7-6-8-23(24)29-26(30)19-10-12-20(13-11-19)27(2,3)4/h6-17H,5,18H2,1-4H3,(H,28,31). The summed E-state index contributed by atoms with van der Waals surface area (Å²) in [5.74, 6) is 1.46. The lowest BCUT2D eigenvalue weighted by molar-refractivity contribution is -0.116. The van der Waals surface area contributed by atoms with E-state index in [1.165, 1.54) is 5.56 Å². The molecule has 5 nitrogen and oxygen atoms in total. The molecule has 0 unspecified atom stereocenters. The molecular formula is C27H29N3O2. The number of rotatable bonds is 6. The second-order valence-corrected chi connectivity index (χ2v) is 8.84. The minimum atomic E-state index is -0.107. The highest BCUT2D eigenvalue weighted by Crippen LogP contribution is 2.28. The van der Waals surface area contributed by atoms with Gasteiger partial charge in [0.15, 0.2) is 0 Å². The zero-order chi connectivity index (χ0) is 22.7. The van der Waals surface area contributed by atoms with E-state index in [2.05, 4.69) is 50.4 Å². The summed E-state index contributed by atoms with van der Waals surface area (Å²) in [4.78, 5) is 17.7. The highest BCUT2D eigenvalue weighted by molar-refractivity contribution is 5.92. The van der Waals surface area contributed by atoms with Crippen LogP contribution in [0.1, 0.15) is 33.3 Å². The van der Waals surface area contributed by atoms with E-state index in [4.69, 9.17) is 9.72 Å². The fraction of sp³-hybridized carbons (Fsp3) is 0.259. The number of carbonyl (C=O) groups excluding carboxylic acids is 1. The van der Waals surface area contributed by atoms with Crippen LogP contribution in [0.5, 0.6) is 5.75 Å². The summed E-state index contributed by atoms with van der Waals surface area (Å²) in [7, 11) is 0. The first-order valence-corrected chi connectivity index (χ1v) is 10.9. The molecule has 4 aromatic rings. The topological polar surface area (TPSA) is 56.1 Å². The maximum atomic E-state index is 12.9. The Kier molecular flexibility index (Phi) is 5.99. The second kappa shape index (κ2) is 8.87. The van der Waals surface area contributed by atoms with Crippen molar-refractivity contribution in [3.63, 3.8) is 0 Å². The van der Waals surface area contributed by atoms with Gasteiger partial charge in [0.25, 0.3) is 0 Å². The monoisotopic (exact) mass is 427 g/mol. The lowest BCUT2D eigenvalue weighted by Crippen LogP contribution is -2.19. The van der Waals surface area contributed by atoms with E-state index < -0.39 is 0 Å². The van der Waals surface area contributed by atoms with Crippen molar-refractivity contribution in [2.24, 2.45) is 0 Å². The zero-order valence-corrected chi connectivity index (χ0v) is 19.1. The first-order valence-electron chi connectivity index (χ1n) is 10.9. The van der Waals surface area contributed by atoms with E-state index >= 15 is 0 Å². The first-order chi connectivity index (χ1) is 15.3. The predicted molar refractivity (Wildman–Crippen MR) is 130 cm³/mol. The number of para-hydroxylation sites is 2. The molecule has 0 saturated carbocycles. The van der Waals surface area contributed by atoms with E-state index in [0.29, 0.717) is 6.61 Å². The molecule has 0 saturated heterocycles.